The normalized spacial score (nSPS) is 10.8. The van der Waals surface area contributed by atoms with E-state index >= 15 is 0 Å². The molecule has 7 nitrogen and oxygen atoms in total. The molecule has 0 amide bonds. The van der Waals surface area contributed by atoms with Crippen LogP contribution in [0.15, 0.2) is 70.7 Å². The van der Waals surface area contributed by atoms with Crippen LogP contribution in [0.25, 0.3) is 0 Å². The number of benzene rings is 2. The van der Waals surface area contributed by atoms with E-state index in [1.54, 1.807) is 6.21 Å². The molecule has 3 aromatic rings. The number of hydrogen-bond acceptors (Lipinski definition) is 6. The van der Waals surface area contributed by atoms with E-state index in [-0.39, 0.29) is 0 Å². The van der Waals surface area contributed by atoms with Gasteiger partial charge in [0.2, 0.25) is 0 Å². The van der Waals surface area contributed by atoms with Crippen LogP contribution in [0.3, 0.4) is 0 Å². The Morgan fingerprint density at radius 2 is 1.92 bits per heavy atom. The van der Waals surface area contributed by atoms with E-state index in [0.717, 1.165) is 24.3 Å². The molecule has 2 N–H and O–H groups in total. The highest BCUT2D eigenvalue weighted by molar-refractivity contribution is 5.80. The number of anilines is 2. The molecule has 1 aromatic heterocycles. The molecule has 0 spiro atoms. The van der Waals surface area contributed by atoms with Gasteiger partial charge in [0, 0.05) is 18.8 Å². The first-order valence-corrected chi connectivity index (χ1v) is 8.34. The van der Waals surface area contributed by atoms with Gasteiger partial charge in [-0.15, -0.1) is 0 Å². The van der Waals surface area contributed by atoms with E-state index in [1.165, 1.54) is 11.8 Å². The van der Waals surface area contributed by atoms with Crippen molar-refractivity contribution in [1.29, 1.82) is 0 Å². The molecule has 0 saturated heterocycles. The van der Waals surface area contributed by atoms with Crippen LogP contribution in [0.2, 0.25) is 0 Å². The molecular weight excluding hydrogens is 328 g/mol. The molecule has 0 saturated carbocycles. The van der Waals surface area contributed by atoms with Gasteiger partial charge in [0.1, 0.15) is 0 Å². The Kier molecular flexibility index (Phi) is 5.72. The second kappa shape index (κ2) is 8.57. The van der Waals surface area contributed by atoms with Gasteiger partial charge in [-0.05, 0) is 30.2 Å². The van der Waals surface area contributed by atoms with Crippen LogP contribution in [0.5, 0.6) is 0 Å². The molecule has 0 radical (unpaired) electrons. The molecule has 2 aromatic carbocycles. The second-order valence-corrected chi connectivity index (χ2v) is 5.63. The highest BCUT2D eigenvalue weighted by atomic mass is 16.1. The molecule has 0 aliphatic carbocycles. The first-order chi connectivity index (χ1) is 12.7. The quantitative estimate of drug-likeness (QED) is 0.506. The fraction of sp³-hybridized carbons (Fsp3) is 0.158. The Bertz CT molecular complexity index is 905. The lowest BCUT2D eigenvalue weighted by Crippen LogP contribution is -2.21. The number of aromatic nitrogens is 3. The van der Waals surface area contributed by atoms with Crippen LogP contribution < -0.4 is 16.0 Å². The lowest BCUT2D eigenvalue weighted by atomic mass is 10.1. The average Bonchev–Trinajstić information content (AvgIpc) is 2.68. The third-order valence-corrected chi connectivity index (χ3v) is 3.82. The molecule has 0 aliphatic rings. The summed E-state index contributed by atoms with van der Waals surface area (Å²) in [5.74, 6) is 0.293. The van der Waals surface area contributed by atoms with Crippen molar-refractivity contribution >= 4 is 17.7 Å². The zero-order valence-electron chi connectivity index (χ0n) is 14.5. The fourth-order valence-electron chi connectivity index (χ4n) is 2.50. The SMILES string of the molecule is CCN(Cc1ccccc1)c1ccc(/C=N/Nc2cn[nH]c(=O)n2)cc1. The number of rotatable bonds is 7. The molecule has 0 aliphatic heterocycles. The van der Waals surface area contributed by atoms with Crippen molar-refractivity contribution in [3.63, 3.8) is 0 Å². The molecule has 132 valence electrons. The highest BCUT2D eigenvalue weighted by Crippen LogP contribution is 2.17. The summed E-state index contributed by atoms with van der Waals surface area (Å²) in [5.41, 5.74) is 5.53. The van der Waals surface area contributed by atoms with Crippen LogP contribution in [0, 0.1) is 0 Å². The van der Waals surface area contributed by atoms with Gasteiger partial charge >= 0.3 is 5.69 Å². The standard InChI is InChI=1S/C19H20N6O/c1-2-25(14-16-6-4-3-5-7-16)17-10-8-15(9-11-17)12-20-23-18-13-21-24-19(26)22-18/h3-13H,2,14H2,1H3,(H2,22,23,24,26)/b20-12+. The van der Waals surface area contributed by atoms with Crippen LogP contribution in [-0.2, 0) is 6.54 Å². The molecule has 0 bridgehead atoms. The average molecular weight is 348 g/mol. The van der Waals surface area contributed by atoms with Crippen LogP contribution in [0.1, 0.15) is 18.1 Å². The van der Waals surface area contributed by atoms with Crippen LogP contribution in [0.4, 0.5) is 11.5 Å². The summed E-state index contributed by atoms with van der Waals surface area (Å²) in [6, 6.07) is 18.5. The van der Waals surface area contributed by atoms with E-state index in [0.29, 0.717) is 5.82 Å². The zero-order valence-corrected chi connectivity index (χ0v) is 14.5. The van der Waals surface area contributed by atoms with E-state index in [1.807, 2.05) is 18.2 Å². The van der Waals surface area contributed by atoms with Crippen molar-refractivity contribution in [3.8, 4) is 0 Å². The zero-order chi connectivity index (χ0) is 18.2. The van der Waals surface area contributed by atoms with Gasteiger partial charge in [0.25, 0.3) is 0 Å². The van der Waals surface area contributed by atoms with Crippen LogP contribution >= 0.6 is 0 Å². The van der Waals surface area contributed by atoms with Gasteiger partial charge < -0.3 is 4.90 Å². The number of hydrazone groups is 1. The van der Waals surface area contributed by atoms with Gasteiger partial charge in [-0.2, -0.15) is 15.2 Å². The second-order valence-electron chi connectivity index (χ2n) is 5.63. The lowest BCUT2D eigenvalue weighted by Gasteiger charge is -2.23. The van der Waals surface area contributed by atoms with Crippen molar-refractivity contribution < 1.29 is 0 Å². The fourth-order valence-corrected chi connectivity index (χ4v) is 2.50. The summed E-state index contributed by atoms with van der Waals surface area (Å²) >= 11 is 0. The smallest absolute Gasteiger partial charge is 0.363 e. The predicted octanol–water partition coefficient (Wildman–Crippen LogP) is 2.64. The molecule has 7 heteroatoms. The maximum absolute atomic E-state index is 11.1. The Morgan fingerprint density at radius 3 is 2.62 bits per heavy atom. The van der Waals surface area contributed by atoms with E-state index < -0.39 is 5.69 Å². The van der Waals surface area contributed by atoms with Gasteiger partial charge in [-0.3, -0.25) is 5.43 Å². The molecule has 0 unspecified atom stereocenters. The first kappa shape index (κ1) is 17.3. The topological polar surface area (TPSA) is 86.3 Å². The Balaban J connectivity index is 1.63. The minimum atomic E-state index is -0.521. The number of nitrogens with one attached hydrogen (secondary N) is 2. The van der Waals surface area contributed by atoms with Crippen molar-refractivity contribution in [3.05, 3.63) is 82.4 Å². The van der Waals surface area contributed by atoms with Crippen molar-refractivity contribution in [2.45, 2.75) is 13.5 Å². The number of H-pyrrole nitrogens is 1. The Hall–Kier alpha value is -3.48. The number of nitrogens with zero attached hydrogens (tertiary/aromatic N) is 4. The maximum atomic E-state index is 11.1. The summed E-state index contributed by atoms with van der Waals surface area (Å²) in [6.07, 6.45) is 3.06. The lowest BCUT2D eigenvalue weighted by molar-refractivity contribution is 0.832. The van der Waals surface area contributed by atoms with Crippen LogP contribution in [-0.4, -0.2) is 27.9 Å². The summed E-state index contributed by atoms with van der Waals surface area (Å²) < 4.78 is 0. The summed E-state index contributed by atoms with van der Waals surface area (Å²) in [5, 5.41) is 9.92. The number of aromatic amines is 1. The number of hydrogen-bond donors (Lipinski definition) is 2. The Morgan fingerprint density at radius 1 is 1.15 bits per heavy atom. The minimum Gasteiger partial charge on any atom is -0.367 e. The monoisotopic (exact) mass is 348 g/mol. The van der Waals surface area contributed by atoms with E-state index in [4.69, 9.17) is 0 Å². The van der Waals surface area contributed by atoms with Crippen molar-refractivity contribution in [2.24, 2.45) is 5.10 Å². The highest BCUT2D eigenvalue weighted by Gasteiger charge is 2.05. The molecule has 0 atom stereocenters. The predicted molar refractivity (Wildman–Crippen MR) is 103 cm³/mol. The molecule has 0 fully saturated rings. The molecule has 3 rings (SSSR count). The van der Waals surface area contributed by atoms with Crippen molar-refractivity contribution in [2.75, 3.05) is 16.9 Å². The first-order valence-electron chi connectivity index (χ1n) is 8.34. The molecule has 1 heterocycles. The van der Waals surface area contributed by atoms with Gasteiger partial charge in [0.05, 0.1) is 12.4 Å². The van der Waals surface area contributed by atoms with Gasteiger partial charge in [0.15, 0.2) is 5.82 Å². The van der Waals surface area contributed by atoms with Gasteiger partial charge in [-0.25, -0.2) is 9.89 Å². The summed E-state index contributed by atoms with van der Waals surface area (Å²) in [4.78, 5) is 17.1. The third kappa shape index (κ3) is 4.76. The largest absolute Gasteiger partial charge is 0.367 e. The van der Waals surface area contributed by atoms with Gasteiger partial charge in [-0.1, -0.05) is 42.5 Å². The molecular formula is C19H20N6O. The minimum absolute atomic E-state index is 0.293. The van der Waals surface area contributed by atoms with E-state index in [2.05, 4.69) is 73.9 Å². The third-order valence-electron chi connectivity index (χ3n) is 3.82. The van der Waals surface area contributed by atoms with Crippen molar-refractivity contribution in [1.82, 2.24) is 15.2 Å². The summed E-state index contributed by atoms with van der Waals surface area (Å²) in [7, 11) is 0. The van der Waals surface area contributed by atoms with E-state index in [9.17, 15) is 4.79 Å². The molecule has 26 heavy (non-hydrogen) atoms. The Labute approximate surface area is 151 Å². The maximum Gasteiger partial charge on any atom is 0.363 e. The summed E-state index contributed by atoms with van der Waals surface area (Å²) in [6.45, 7) is 3.93.